The minimum absolute atomic E-state index is 0.0290. The first-order valence-corrected chi connectivity index (χ1v) is 6.34. The molecule has 3 rings (SSSR count). The summed E-state index contributed by atoms with van der Waals surface area (Å²) in [6.45, 7) is 0. The summed E-state index contributed by atoms with van der Waals surface area (Å²) in [6.07, 6.45) is 0. The Kier molecular flexibility index (Phi) is 2.87. The van der Waals surface area contributed by atoms with E-state index in [1.54, 1.807) is 7.11 Å². The highest BCUT2D eigenvalue weighted by molar-refractivity contribution is 9.10. The molecule has 96 valence electrons. The van der Waals surface area contributed by atoms with Crippen molar-refractivity contribution in [2.45, 2.75) is 0 Å². The Labute approximate surface area is 117 Å². The number of ether oxygens (including phenoxy) is 1. The highest BCUT2D eigenvalue weighted by Crippen LogP contribution is 2.41. The molecule has 0 aliphatic heterocycles. The molecule has 5 nitrogen and oxygen atoms in total. The Morgan fingerprint density at radius 2 is 2.05 bits per heavy atom. The van der Waals surface area contributed by atoms with Crippen LogP contribution in [0.25, 0.3) is 22.2 Å². The number of methoxy groups -OCH3 is 1. The number of fused-ring (bicyclic) bond motifs is 1. The molecule has 3 aromatic rings. The zero-order valence-electron chi connectivity index (χ0n) is 10.1. The van der Waals surface area contributed by atoms with Crippen LogP contribution in [-0.4, -0.2) is 17.3 Å². The van der Waals surface area contributed by atoms with Gasteiger partial charge in [0, 0.05) is 0 Å². The zero-order chi connectivity index (χ0) is 13.4. The molecule has 0 amide bonds. The third kappa shape index (κ3) is 1.94. The molecule has 0 atom stereocenters. The molecule has 0 saturated heterocycles. The van der Waals surface area contributed by atoms with Crippen molar-refractivity contribution in [3.05, 3.63) is 34.8 Å². The van der Waals surface area contributed by atoms with Crippen LogP contribution in [0.2, 0.25) is 0 Å². The molecule has 2 aromatic carbocycles. The molecule has 19 heavy (non-hydrogen) atoms. The van der Waals surface area contributed by atoms with Crippen LogP contribution in [-0.2, 0) is 0 Å². The first-order valence-electron chi connectivity index (χ1n) is 5.55. The predicted molar refractivity (Wildman–Crippen MR) is 75.9 cm³/mol. The Balaban J connectivity index is 2.35. The number of rotatable bonds is 2. The molecular formula is C13H10BrN3O2. The summed E-state index contributed by atoms with van der Waals surface area (Å²) >= 11 is 3.55. The summed E-state index contributed by atoms with van der Waals surface area (Å²) in [5, 5.41) is 9.66. The van der Waals surface area contributed by atoms with Crippen LogP contribution < -0.4 is 10.5 Å². The average molecular weight is 320 g/mol. The van der Waals surface area contributed by atoms with Crippen molar-refractivity contribution < 1.29 is 9.15 Å². The van der Waals surface area contributed by atoms with Gasteiger partial charge in [-0.3, -0.25) is 0 Å². The lowest BCUT2D eigenvalue weighted by molar-refractivity contribution is 0.412. The molecular weight excluding hydrogens is 310 g/mol. The van der Waals surface area contributed by atoms with E-state index in [1.807, 2.05) is 30.3 Å². The molecule has 1 heterocycles. The maximum absolute atomic E-state index is 5.47. The quantitative estimate of drug-likeness (QED) is 0.784. The van der Waals surface area contributed by atoms with Gasteiger partial charge in [0.15, 0.2) is 0 Å². The fraction of sp³-hybridized carbons (Fsp3) is 0.0769. The summed E-state index contributed by atoms with van der Waals surface area (Å²) in [4.78, 5) is 0. The van der Waals surface area contributed by atoms with E-state index < -0.39 is 0 Å². The lowest BCUT2D eigenvalue weighted by Crippen LogP contribution is -1.91. The van der Waals surface area contributed by atoms with Crippen LogP contribution in [0.4, 0.5) is 6.01 Å². The zero-order valence-corrected chi connectivity index (χ0v) is 11.6. The van der Waals surface area contributed by atoms with Crippen molar-refractivity contribution in [1.82, 2.24) is 10.2 Å². The molecule has 0 unspecified atom stereocenters. The summed E-state index contributed by atoms with van der Waals surface area (Å²) in [6, 6.07) is 9.91. The third-order valence-electron chi connectivity index (χ3n) is 2.82. The molecule has 0 fully saturated rings. The fourth-order valence-corrected chi connectivity index (χ4v) is 2.72. The molecule has 0 radical (unpaired) electrons. The van der Waals surface area contributed by atoms with Crippen LogP contribution in [0.3, 0.4) is 0 Å². The van der Waals surface area contributed by atoms with Gasteiger partial charge < -0.3 is 14.9 Å². The van der Waals surface area contributed by atoms with Gasteiger partial charge in [0.1, 0.15) is 5.75 Å². The Bertz CT molecular complexity index is 755. The van der Waals surface area contributed by atoms with Gasteiger partial charge in [-0.15, -0.1) is 5.10 Å². The third-order valence-corrected chi connectivity index (χ3v) is 3.60. The topological polar surface area (TPSA) is 74.2 Å². The number of anilines is 1. The van der Waals surface area contributed by atoms with Crippen LogP contribution in [0.5, 0.6) is 5.75 Å². The number of nitrogen functional groups attached to an aromatic ring is 1. The van der Waals surface area contributed by atoms with Gasteiger partial charge in [-0.25, -0.2) is 0 Å². The van der Waals surface area contributed by atoms with Gasteiger partial charge in [0.25, 0.3) is 5.89 Å². The van der Waals surface area contributed by atoms with E-state index in [0.717, 1.165) is 15.2 Å². The van der Waals surface area contributed by atoms with Gasteiger partial charge in [-0.1, -0.05) is 29.4 Å². The number of nitrogens with two attached hydrogens (primary N) is 1. The number of hydrogen-bond donors (Lipinski definition) is 1. The van der Waals surface area contributed by atoms with E-state index in [9.17, 15) is 0 Å². The first-order chi connectivity index (χ1) is 9.20. The number of hydrogen-bond acceptors (Lipinski definition) is 5. The number of aromatic nitrogens is 2. The second kappa shape index (κ2) is 4.55. The van der Waals surface area contributed by atoms with Gasteiger partial charge in [0.2, 0.25) is 0 Å². The maximum Gasteiger partial charge on any atom is 0.313 e. The summed E-state index contributed by atoms with van der Waals surface area (Å²) in [5.41, 5.74) is 6.17. The van der Waals surface area contributed by atoms with Gasteiger partial charge in [-0.05, 0) is 32.8 Å². The molecule has 0 aliphatic carbocycles. The SMILES string of the molecule is COc1c(-c2nnc(N)o2)cc2ccccc2c1Br. The van der Waals surface area contributed by atoms with Crippen molar-refractivity contribution in [2.75, 3.05) is 12.8 Å². The van der Waals surface area contributed by atoms with Crippen molar-refractivity contribution in [3.8, 4) is 17.2 Å². The maximum atomic E-state index is 5.47. The highest BCUT2D eigenvalue weighted by Gasteiger charge is 2.17. The molecule has 1 aromatic heterocycles. The molecule has 0 aliphatic rings. The van der Waals surface area contributed by atoms with Crippen LogP contribution in [0, 0.1) is 0 Å². The normalized spacial score (nSPS) is 10.8. The number of halogens is 1. The van der Waals surface area contributed by atoms with E-state index in [4.69, 9.17) is 14.9 Å². The molecule has 0 bridgehead atoms. The Morgan fingerprint density at radius 1 is 1.26 bits per heavy atom. The molecule has 2 N–H and O–H groups in total. The second-order valence-corrected chi connectivity index (χ2v) is 4.73. The number of benzene rings is 2. The van der Waals surface area contributed by atoms with Crippen molar-refractivity contribution in [1.29, 1.82) is 0 Å². The Hall–Kier alpha value is -2.08. The van der Waals surface area contributed by atoms with E-state index in [2.05, 4.69) is 26.1 Å². The van der Waals surface area contributed by atoms with Gasteiger partial charge >= 0.3 is 6.01 Å². The highest BCUT2D eigenvalue weighted by atomic mass is 79.9. The van der Waals surface area contributed by atoms with Gasteiger partial charge in [0.05, 0.1) is 17.1 Å². The first kappa shape index (κ1) is 12.0. The van der Waals surface area contributed by atoms with E-state index in [0.29, 0.717) is 17.2 Å². The van der Waals surface area contributed by atoms with Crippen LogP contribution in [0.15, 0.2) is 39.2 Å². The minimum Gasteiger partial charge on any atom is -0.495 e. The standard InChI is InChI=1S/C13H10BrN3O2/c1-18-11-9(12-16-17-13(15)19-12)6-7-4-2-3-5-8(7)10(11)14/h2-6H,1H3,(H2,15,17). The molecule has 0 spiro atoms. The summed E-state index contributed by atoms with van der Waals surface area (Å²) in [5.74, 6) is 0.975. The second-order valence-electron chi connectivity index (χ2n) is 3.94. The van der Waals surface area contributed by atoms with E-state index in [1.165, 1.54) is 0 Å². The molecule has 0 saturated carbocycles. The monoisotopic (exact) mass is 319 g/mol. The predicted octanol–water partition coefficient (Wildman–Crippen LogP) is 3.24. The van der Waals surface area contributed by atoms with Crippen molar-refractivity contribution >= 4 is 32.7 Å². The van der Waals surface area contributed by atoms with Crippen LogP contribution in [0.1, 0.15) is 0 Å². The lowest BCUT2D eigenvalue weighted by Gasteiger charge is -2.10. The van der Waals surface area contributed by atoms with E-state index >= 15 is 0 Å². The summed E-state index contributed by atoms with van der Waals surface area (Å²) < 4.78 is 11.6. The van der Waals surface area contributed by atoms with Crippen molar-refractivity contribution in [3.63, 3.8) is 0 Å². The van der Waals surface area contributed by atoms with Crippen LogP contribution >= 0.6 is 15.9 Å². The smallest absolute Gasteiger partial charge is 0.313 e. The fourth-order valence-electron chi connectivity index (χ4n) is 1.99. The minimum atomic E-state index is 0.0290. The average Bonchev–Trinajstić information content (AvgIpc) is 2.85. The number of nitrogens with zero attached hydrogens (tertiary/aromatic N) is 2. The lowest BCUT2D eigenvalue weighted by atomic mass is 10.1. The molecule has 6 heteroatoms. The van der Waals surface area contributed by atoms with Gasteiger partial charge in [-0.2, -0.15) is 0 Å². The van der Waals surface area contributed by atoms with E-state index in [-0.39, 0.29) is 6.01 Å². The van der Waals surface area contributed by atoms with Crippen molar-refractivity contribution in [2.24, 2.45) is 0 Å². The summed E-state index contributed by atoms with van der Waals surface area (Å²) in [7, 11) is 1.60. The Morgan fingerprint density at radius 3 is 2.74 bits per heavy atom. The largest absolute Gasteiger partial charge is 0.495 e.